The van der Waals surface area contributed by atoms with E-state index in [4.69, 9.17) is 4.74 Å². The zero-order chi connectivity index (χ0) is 12.5. The van der Waals surface area contributed by atoms with E-state index in [1.807, 2.05) is 0 Å². The lowest BCUT2D eigenvalue weighted by Crippen LogP contribution is -2.62. The lowest BCUT2D eigenvalue weighted by atomic mass is 9.58. The van der Waals surface area contributed by atoms with Crippen LogP contribution >= 0.6 is 0 Å². The monoisotopic (exact) mass is 240 g/mol. The van der Waals surface area contributed by atoms with E-state index in [0.29, 0.717) is 18.9 Å². The summed E-state index contributed by atoms with van der Waals surface area (Å²) in [6.45, 7) is 7.39. The molecule has 3 heteroatoms. The molecule has 0 spiro atoms. The van der Waals surface area contributed by atoms with Crippen molar-refractivity contribution in [2.75, 3.05) is 6.61 Å². The molecule has 3 fully saturated rings. The Morgan fingerprint density at radius 3 is 2.59 bits per heavy atom. The Hall–Kier alpha value is -0.120. The smallest absolute Gasteiger partial charge is 0.192 e. The second kappa shape index (κ2) is 3.25. The Kier molecular flexibility index (Phi) is 2.28. The van der Waals surface area contributed by atoms with Gasteiger partial charge in [-0.1, -0.05) is 20.8 Å². The summed E-state index contributed by atoms with van der Waals surface area (Å²) in [7, 11) is 0. The van der Waals surface area contributed by atoms with Gasteiger partial charge in [-0.3, -0.25) is 0 Å². The van der Waals surface area contributed by atoms with Crippen molar-refractivity contribution in [1.29, 1.82) is 0 Å². The van der Waals surface area contributed by atoms with Crippen LogP contribution in [0, 0.1) is 22.7 Å². The molecule has 0 aromatic rings. The van der Waals surface area contributed by atoms with Crippen LogP contribution in [0.4, 0.5) is 0 Å². The largest absolute Gasteiger partial charge is 0.387 e. The molecule has 1 saturated heterocycles. The van der Waals surface area contributed by atoms with Gasteiger partial charge in [-0.2, -0.15) is 0 Å². The first kappa shape index (κ1) is 11.9. The maximum atomic E-state index is 10.5. The molecule has 0 radical (unpaired) electrons. The highest BCUT2D eigenvalue weighted by Crippen LogP contribution is 2.62. The SMILES string of the molecule is CC1(C)CC2C(C1)C1(C)CCOC(O)(C1)C2O. The number of ether oxygens (including phenoxy) is 1. The van der Waals surface area contributed by atoms with Crippen LogP contribution < -0.4 is 0 Å². The first-order chi connectivity index (χ1) is 7.76. The minimum absolute atomic E-state index is 0.144. The average Bonchev–Trinajstić information content (AvgIpc) is 2.52. The van der Waals surface area contributed by atoms with Crippen molar-refractivity contribution in [3.63, 3.8) is 0 Å². The van der Waals surface area contributed by atoms with E-state index in [1.54, 1.807) is 0 Å². The van der Waals surface area contributed by atoms with Crippen molar-refractivity contribution < 1.29 is 14.9 Å². The third-order valence-corrected chi connectivity index (χ3v) is 5.52. The van der Waals surface area contributed by atoms with Gasteiger partial charge in [-0.15, -0.1) is 0 Å². The predicted octanol–water partition coefficient (Wildman–Crippen LogP) is 1.92. The summed E-state index contributed by atoms with van der Waals surface area (Å²) in [5, 5.41) is 20.9. The lowest BCUT2D eigenvalue weighted by Gasteiger charge is -2.56. The average molecular weight is 240 g/mol. The highest BCUT2D eigenvalue weighted by Gasteiger charge is 2.63. The zero-order valence-corrected chi connectivity index (χ0v) is 11.1. The Morgan fingerprint density at radius 2 is 1.88 bits per heavy atom. The second-order valence-corrected chi connectivity index (χ2v) is 7.56. The summed E-state index contributed by atoms with van der Waals surface area (Å²) in [5.74, 6) is -0.542. The van der Waals surface area contributed by atoms with Crippen LogP contribution in [0.15, 0.2) is 0 Å². The molecule has 5 unspecified atom stereocenters. The molecule has 2 aliphatic carbocycles. The maximum Gasteiger partial charge on any atom is 0.192 e. The first-order valence-electron chi connectivity index (χ1n) is 6.80. The molecular weight excluding hydrogens is 216 g/mol. The summed E-state index contributed by atoms with van der Waals surface area (Å²) in [4.78, 5) is 0. The van der Waals surface area contributed by atoms with Crippen molar-refractivity contribution in [3.8, 4) is 0 Å². The highest BCUT2D eigenvalue weighted by molar-refractivity contribution is 5.09. The summed E-state index contributed by atoms with van der Waals surface area (Å²) in [5.41, 5.74) is 0.428. The summed E-state index contributed by atoms with van der Waals surface area (Å²) in [6, 6.07) is 0. The fraction of sp³-hybridized carbons (Fsp3) is 1.00. The molecule has 17 heavy (non-hydrogen) atoms. The third-order valence-electron chi connectivity index (χ3n) is 5.52. The van der Waals surface area contributed by atoms with Gasteiger partial charge in [-0.05, 0) is 41.9 Å². The molecule has 3 nitrogen and oxygen atoms in total. The van der Waals surface area contributed by atoms with Gasteiger partial charge >= 0.3 is 0 Å². The van der Waals surface area contributed by atoms with Crippen LogP contribution in [0.25, 0.3) is 0 Å². The molecular formula is C14H24O3. The zero-order valence-electron chi connectivity index (χ0n) is 11.1. The topological polar surface area (TPSA) is 49.7 Å². The van der Waals surface area contributed by atoms with E-state index in [0.717, 1.165) is 12.8 Å². The lowest BCUT2D eigenvalue weighted by molar-refractivity contribution is -0.334. The van der Waals surface area contributed by atoms with Crippen LogP contribution in [0.1, 0.15) is 46.5 Å². The van der Waals surface area contributed by atoms with E-state index in [9.17, 15) is 10.2 Å². The Bertz CT molecular complexity index is 340. The Labute approximate surface area is 103 Å². The molecule has 0 aromatic carbocycles. The fourth-order valence-electron chi connectivity index (χ4n) is 4.73. The normalized spacial score (nSPS) is 56.6. The van der Waals surface area contributed by atoms with E-state index in [2.05, 4.69) is 20.8 Å². The molecule has 1 heterocycles. The molecule has 1 aliphatic heterocycles. The molecule has 3 rings (SSSR count). The van der Waals surface area contributed by atoms with Crippen molar-refractivity contribution >= 4 is 0 Å². The van der Waals surface area contributed by atoms with E-state index >= 15 is 0 Å². The van der Waals surface area contributed by atoms with Gasteiger partial charge in [0.05, 0.1) is 6.61 Å². The predicted molar refractivity (Wildman–Crippen MR) is 64.2 cm³/mol. The Morgan fingerprint density at radius 1 is 1.18 bits per heavy atom. The molecule has 3 aliphatic rings. The van der Waals surface area contributed by atoms with Gasteiger partial charge in [-0.25, -0.2) is 0 Å². The maximum absolute atomic E-state index is 10.5. The summed E-state index contributed by atoms with van der Waals surface area (Å²) >= 11 is 0. The quantitative estimate of drug-likeness (QED) is 0.680. The van der Waals surface area contributed by atoms with Gasteiger partial charge < -0.3 is 14.9 Å². The molecule has 2 bridgehead atoms. The molecule has 98 valence electrons. The number of hydrogen-bond acceptors (Lipinski definition) is 3. The van der Waals surface area contributed by atoms with Gasteiger partial charge in [0, 0.05) is 6.42 Å². The number of rotatable bonds is 0. The minimum Gasteiger partial charge on any atom is -0.387 e. The minimum atomic E-state index is -1.28. The van der Waals surface area contributed by atoms with Crippen LogP contribution in [0.2, 0.25) is 0 Å². The van der Waals surface area contributed by atoms with Gasteiger partial charge in [0.2, 0.25) is 0 Å². The standard InChI is InChI=1S/C14H24O3/c1-12(2)6-9-10(7-12)13(3)4-5-17-14(16,8-13)11(9)15/h9-11,15-16H,4-8H2,1-3H3. The number of aliphatic hydroxyl groups is 2. The number of aliphatic hydroxyl groups excluding tert-OH is 1. The third kappa shape index (κ3) is 1.59. The number of fused-ring (bicyclic) bond motifs is 4. The van der Waals surface area contributed by atoms with Crippen LogP contribution in [0.3, 0.4) is 0 Å². The van der Waals surface area contributed by atoms with Gasteiger partial charge in [0.1, 0.15) is 6.10 Å². The first-order valence-corrected chi connectivity index (χ1v) is 6.80. The van der Waals surface area contributed by atoms with Crippen molar-refractivity contribution in [2.45, 2.75) is 58.3 Å². The van der Waals surface area contributed by atoms with Crippen molar-refractivity contribution in [3.05, 3.63) is 0 Å². The van der Waals surface area contributed by atoms with Crippen molar-refractivity contribution in [2.24, 2.45) is 22.7 Å². The van der Waals surface area contributed by atoms with E-state index in [1.165, 1.54) is 6.42 Å². The van der Waals surface area contributed by atoms with E-state index in [-0.39, 0.29) is 16.7 Å². The van der Waals surface area contributed by atoms with Crippen LogP contribution in [0.5, 0.6) is 0 Å². The van der Waals surface area contributed by atoms with E-state index < -0.39 is 11.9 Å². The highest BCUT2D eigenvalue weighted by atomic mass is 16.6. The van der Waals surface area contributed by atoms with Crippen LogP contribution in [-0.4, -0.2) is 28.7 Å². The molecule has 0 amide bonds. The second-order valence-electron chi connectivity index (χ2n) is 7.56. The molecule has 5 atom stereocenters. The molecule has 2 saturated carbocycles. The molecule has 2 N–H and O–H groups in total. The molecule has 0 aromatic heterocycles. The van der Waals surface area contributed by atoms with Crippen LogP contribution in [-0.2, 0) is 4.74 Å². The Balaban J connectivity index is 1.99. The summed E-state index contributed by atoms with van der Waals surface area (Å²) in [6.07, 6.45) is 3.07. The summed E-state index contributed by atoms with van der Waals surface area (Å²) < 4.78 is 5.50. The van der Waals surface area contributed by atoms with Gasteiger partial charge in [0.25, 0.3) is 0 Å². The van der Waals surface area contributed by atoms with Crippen molar-refractivity contribution in [1.82, 2.24) is 0 Å². The van der Waals surface area contributed by atoms with Gasteiger partial charge in [0.15, 0.2) is 5.79 Å². The number of hydrogen-bond donors (Lipinski definition) is 2. The fourth-order valence-corrected chi connectivity index (χ4v) is 4.73.